The lowest BCUT2D eigenvalue weighted by Gasteiger charge is -2.00. The van der Waals surface area contributed by atoms with Gasteiger partial charge in [0.15, 0.2) is 0 Å². The van der Waals surface area contributed by atoms with Crippen molar-refractivity contribution in [2.24, 2.45) is 10.2 Å². The molecule has 0 aliphatic rings. The SMILES string of the molecule is O=C(O)c1cc(N=Nc2ccccc2Cl)ccc1O. The Morgan fingerprint density at radius 3 is 2.53 bits per heavy atom. The number of azo groups is 1. The van der Waals surface area contributed by atoms with E-state index in [0.29, 0.717) is 16.4 Å². The fourth-order valence-electron chi connectivity index (χ4n) is 1.40. The quantitative estimate of drug-likeness (QED) is 0.826. The summed E-state index contributed by atoms with van der Waals surface area (Å²) in [6.07, 6.45) is 0. The normalized spacial score (nSPS) is 10.8. The molecule has 0 radical (unpaired) electrons. The third-order valence-corrected chi connectivity index (χ3v) is 2.66. The van der Waals surface area contributed by atoms with Crippen molar-refractivity contribution in [2.75, 3.05) is 0 Å². The zero-order valence-corrected chi connectivity index (χ0v) is 10.4. The van der Waals surface area contributed by atoms with Crippen molar-refractivity contribution in [1.82, 2.24) is 0 Å². The van der Waals surface area contributed by atoms with E-state index in [4.69, 9.17) is 16.7 Å². The van der Waals surface area contributed by atoms with E-state index in [2.05, 4.69) is 10.2 Å². The molecule has 0 bridgehead atoms. The first kappa shape index (κ1) is 13.0. The minimum absolute atomic E-state index is 0.226. The zero-order chi connectivity index (χ0) is 13.8. The summed E-state index contributed by atoms with van der Waals surface area (Å²) in [5.74, 6) is -1.54. The summed E-state index contributed by atoms with van der Waals surface area (Å²) in [5, 5.41) is 26.5. The van der Waals surface area contributed by atoms with E-state index >= 15 is 0 Å². The van der Waals surface area contributed by atoms with E-state index in [1.165, 1.54) is 18.2 Å². The molecule has 0 saturated heterocycles. The minimum atomic E-state index is -1.23. The molecule has 0 unspecified atom stereocenters. The maximum Gasteiger partial charge on any atom is 0.339 e. The summed E-state index contributed by atoms with van der Waals surface area (Å²) < 4.78 is 0. The van der Waals surface area contributed by atoms with Crippen molar-refractivity contribution >= 4 is 28.9 Å². The molecule has 2 N–H and O–H groups in total. The molecule has 0 aromatic heterocycles. The molecule has 6 heteroatoms. The Hall–Kier alpha value is -2.40. The first-order valence-corrected chi connectivity index (χ1v) is 5.68. The number of carboxylic acid groups (broad SMARTS) is 1. The van der Waals surface area contributed by atoms with E-state index in [9.17, 15) is 9.90 Å². The summed E-state index contributed by atoms with van der Waals surface area (Å²) in [6, 6.07) is 10.8. The van der Waals surface area contributed by atoms with Crippen LogP contribution < -0.4 is 0 Å². The summed E-state index contributed by atoms with van der Waals surface area (Å²) >= 11 is 5.91. The highest BCUT2D eigenvalue weighted by Gasteiger charge is 2.09. The molecule has 0 spiro atoms. The number of hydrogen-bond acceptors (Lipinski definition) is 4. The molecule has 2 aromatic carbocycles. The number of nitrogens with zero attached hydrogens (tertiary/aromatic N) is 2. The van der Waals surface area contributed by atoms with Gasteiger partial charge in [0.05, 0.1) is 10.7 Å². The van der Waals surface area contributed by atoms with Gasteiger partial charge in [0.2, 0.25) is 0 Å². The third-order valence-electron chi connectivity index (χ3n) is 2.34. The van der Waals surface area contributed by atoms with Gasteiger partial charge in [-0.1, -0.05) is 23.7 Å². The molecule has 19 heavy (non-hydrogen) atoms. The van der Waals surface area contributed by atoms with Gasteiger partial charge < -0.3 is 10.2 Å². The number of carbonyl (C=O) groups is 1. The number of halogens is 1. The lowest BCUT2D eigenvalue weighted by molar-refractivity contribution is 0.0694. The molecule has 0 atom stereocenters. The average molecular weight is 277 g/mol. The molecule has 2 rings (SSSR count). The van der Waals surface area contributed by atoms with Gasteiger partial charge >= 0.3 is 5.97 Å². The lowest BCUT2D eigenvalue weighted by Crippen LogP contribution is -1.95. The summed E-state index contributed by atoms with van der Waals surface area (Å²) in [5.41, 5.74) is 0.569. The molecular weight excluding hydrogens is 268 g/mol. The Morgan fingerprint density at radius 1 is 1.11 bits per heavy atom. The molecule has 2 aromatic rings. The second kappa shape index (κ2) is 5.49. The van der Waals surface area contributed by atoms with Crippen molar-refractivity contribution in [3.63, 3.8) is 0 Å². The third kappa shape index (κ3) is 3.08. The Bertz CT molecular complexity index is 656. The molecule has 5 nitrogen and oxygen atoms in total. The molecule has 0 heterocycles. The van der Waals surface area contributed by atoms with Crippen LogP contribution in [0.3, 0.4) is 0 Å². The van der Waals surface area contributed by atoms with Crippen LogP contribution in [0.2, 0.25) is 5.02 Å². The number of hydrogen-bond donors (Lipinski definition) is 2. The van der Waals surface area contributed by atoms with Crippen molar-refractivity contribution in [3.8, 4) is 5.75 Å². The Kier molecular flexibility index (Phi) is 3.77. The van der Waals surface area contributed by atoms with Crippen molar-refractivity contribution in [2.45, 2.75) is 0 Å². The number of aromatic carboxylic acids is 1. The number of aromatic hydroxyl groups is 1. The second-order valence-electron chi connectivity index (χ2n) is 3.66. The summed E-state index contributed by atoms with van der Waals surface area (Å²) in [7, 11) is 0. The minimum Gasteiger partial charge on any atom is -0.507 e. The lowest BCUT2D eigenvalue weighted by atomic mass is 10.2. The van der Waals surface area contributed by atoms with Gasteiger partial charge in [-0.15, -0.1) is 5.11 Å². The van der Waals surface area contributed by atoms with Gasteiger partial charge in [0.1, 0.15) is 17.0 Å². The van der Waals surface area contributed by atoms with Crippen LogP contribution in [0.4, 0.5) is 11.4 Å². The van der Waals surface area contributed by atoms with Crippen LogP contribution in [0.25, 0.3) is 0 Å². The molecule has 96 valence electrons. The van der Waals surface area contributed by atoms with Crippen LogP contribution in [0.15, 0.2) is 52.7 Å². The monoisotopic (exact) mass is 276 g/mol. The summed E-state index contributed by atoms with van der Waals surface area (Å²) in [4.78, 5) is 10.8. The average Bonchev–Trinajstić information content (AvgIpc) is 2.39. The highest BCUT2D eigenvalue weighted by atomic mass is 35.5. The first-order chi connectivity index (χ1) is 9.08. The number of rotatable bonds is 3. The summed E-state index contributed by atoms with van der Waals surface area (Å²) in [6.45, 7) is 0. The van der Waals surface area contributed by atoms with Gasteiger partial charge in [-0.05, 0) is 30.3 Å². The van der Waals surface area contributed by atoms with E-state index in [1.54, 1.807) is 24.3 Å². The van der Waals surface area contributed by atoms with Gasteiger partial charge in [-0.2, -0.15) is 5.11 Å². The molecule has 0 aliphatic heterocycles. The zero-order valence-electron chi connectivity index (χ0n) is 9.62. The largest absolute Gasteiger partial charge is 0.507 e. The predicted molar refractivity (Wildman–Crippen MR) is 70.7 cm³/mol. The molecule has 0 fully saturated rings. The van der Waals surface area contributed by atoms with Gasteiger partial charge in [-0.25, -0.2) is 4.79 Å². The molecule has 0 amide bonds. The second-order valence-corrected chi connectivity index (χ2v) is 4.07. The molecular formula is C13H9ClN2O3. The van der Waals surface area contributed by atoms with E-state index < -0.39 is 5.97 Å². The van der Waals surface area contributed by atoms with Crippen molar-refractivity contribution in [3.05, 3.63) is 53.1 Å². The Balaban J connectivity index is 2.32. The van der Waals surface area contributed by atoms with Crippen molar-refractivity contribution < 1.29 is 15.0 Å². The van der Waals surface area contributed by atoms with E-state index in [-0.39, 0.29) is 11.3 Å². The number of phenols is 1. The van der Waals surface area contributed by atoms with E-state index in [1.807, 2.05) is 0 Å². The molecule has 0 aliphatic carbocycles. The van der Waals surface area contributed by atoms with Gasteiger partial charge in [-0.3, -0.25) is 0 Å². The smallest absolute Gasteiger partial charge is 0.339 e. The van der Waals surface area contributed by atoms with Crippen LogP contribution >= 0.6 is 11.6 Å². The fourth-order valence-corrected chi connectivity index (χ4v) is 1.58. The van der Waals surface area contributed by atoms with Crippen LogP contribution in [-0.2, 0) is 0 Å². The standard InChI is InChI=1S/C13H9ClN2O3/c14-10-3-1-2-4-11(10)16-15-8-5-6-12(17)9(7-8)13(18)19/h1-7,17H,(H,18,19). The van der Waals surface area contributed by atoms with Crippen molar-refractivity contribution in [1.29, 1.82) is 0 Å². The topological polar surface area (TPSA) is 82.2 Å². The van der Waals surface area contributed by atoms with Gasteiger partial charge in [0, 0.05) is 0 Å². The maximum absolute atomic E-state index is 10.8. The predicted octanol–water partition coefficient (Wildman–Crippen LogP) is 4.16. The van der Waals surface area contributed by atoms with Crippen LogP contribution in [-0.4, -0.2) is 16.2 Å². The van der Waals surface area contributed by atoms with Crippen LogP contribution in [0.5, 0.6) is 5.75 Å². The van der Waals surface area contributed by atoms with Crippen LogP contribution in [0, 0.1) is 0 Å². The highest BCUT2D eigenvalue weighted by Crippen LogP contribution is 2.28. The first-order valence-electron chi connectivity index (χ1n) is 5.30. The maximum atomic E-state index is 10.8. The Labute approximate surface area is 113 Å². The van der Waals surface area contributed by atoms with Crippen LogP contribution in [0.1, 0.15) is 10.4 Å². The number of benzene rings is 2. The number of carboxylic acids is 1. The van der Waals surface area contributed by atoms with E-state index in [0.717, 1.165) is 0 Å². The molecule has 0 saturated carbocycles. The fraction of sp³-hybridized carbons (Fsp3) is 0. The van der Waals surface area contributed by atoms with Gasteiger partial charge in [0.25, 0.3) is 0 Å². The highest BCUT2D eigenvalue weighted by molar-refractivity contribution is 6.32. The Morgan fingerprint density at radius 2 is 1.84 bits per heavy atom.